The predicted octanol–water partition coefficient (Wildman–Crippen LogP) is 5.02. The quantitative estimate of drug-likeness (QED) is 0.542. The van der Waals surface area contributed by atoms with Gasteiger partial charge in [0.1, 0.15) is 11.6 Å². The maximum Gasteiger partial charge on any atom is 0.145 e. The molecule has 2 fully saturated rings. The van der Waals surface area contributed by atoms with Crippen LogP contribution in [0.15, 0.2) is 42.7 Å². The van der Waals surface area contributed by atoms with Gasteiger partial charge in [0, 0.05) is 49.0 Å². The van der Waals surface area contributed by atoms with Crippen LogP contribution in [0.3, 0.4) is 0 Å². The standard InChI is InChI=1S/C25H30ClN5O/c1-32-20-9-13-30(14-10-20)25-21-15-19(26)7-8-22(21)28-24(29-25)17-31-12-3-2-6-23(31)18-5-4-11-27-16-18/h4-5,7-8,11,15-16,20,23H,2-3,6,9-10,12-14,17H2,1H3/t23-/m1/s1. The van der Waals surface area contributed by atoms with Gasteiger partial charge in [0.15, 0.2) is 0 Å². The summed E-state index contributed by atoms with van der Waals surface area (Å²) in [6, 6.07) is 10.5. The molecule has 1 atom stereocenters. The zero-order chi connectivity index (χ0) is 21.9. The molecule has 6 nitrogen and oxygen atoms in total. The van der Waals surface area contributed by atoms with Crippen molar-refractivity contribution >= 4 is 28.3 Å². The van der Waals surface area contributed by atoms with Gasteiger partial charge < -0.3 is 9.64 Å². The summed E-state index contributed by atoms with van der Waals surface area (Å²) >= 11 is 6.35. The Kier molecular flexibility index (Phi) is 6.53. The minimum absolute atomic E-state index is 0.330. The molecule has 0 N–H and O–H groups in total. The molecular weight excluding hydrogens is 422 g/mol. The van der Waals surface area contributed by atoms with Crippen molar-refractivity contribution in [3.63, 3.8) is 0 Å². The molecule has 5 rings (SSSR count). The summed E-state index contributed by atoms with van der Waals surface area (Å²) in [6.07, 6.45) is 9.78. The molecule has 0 unspecified atom stereocenters. The fourth-order valence-electron chi connectivity index (χ4n) is 5.06. The Morgan fingerprint density at radius 3 is 2.72 bits per heavy atom. The molecule has 0 bridgehead atoms. The van der Waals surface area contributed by atoms with Crippen LogP contribution in [-0.4, -0.2) is 52.7 Å². The van der Waals surface area contributed by atoms with Gasteiger partial charge in [-0.3, -0.25) is 9.88 Å². The van der Waals surface area contributed by atoms with Crippen LogP contribution >= 0.6 is 11.6 Å². The summed E-state index contributed by atoms with van der Waals surface area (Å²) in [5.74, 6) is 1.87. The second kappa shape index (κ2) is 9.69. The fraction of sp³-hybridized carbons (Fsp3) is 0.480. The highest BCUT2D eigenvalue weighted by atomic mass is 35.5. The number of likely N-dealkylation sites (tertiary alicyclic amines) is 1. The molecule has 4 heterocycles. The van der Waals surface area contributed by atoms with Gasteiger partial charge in [-0.15, -0.1) is 0 Å². The number of nitrogens with zero attached hydrogens (tertiary/aromatic N) is 5. The van der Waals surface area contributed by atoms with Gasteiger partial charge in [-0.1, -0.05) is 24.1 Å². The van der Waals surface area contributed by atoms with Gasteiger partial charge in [0.2, 0.25) is 0 Å². The summed E-state index contributed by atoms with van der Waals surface area (Å²) in [5.41, 5.74) is 2.24. The molecule has 2 aromatic heterocycles. The summed E-state index contributed by atoms with van der Waals surface area (Å²) in [6.45, 7) is 3.65. The Morgan fingerprint density at radius 2 is 1.94 bits per heavy atom. The number of piperidine rings is 2. The Morgan fingerprint density at radius 1 is 1.06 bits per heavy atom. The lowest BCUT2D eigenvalue weighted by atomic mass is 9.96. The molecule has 168 valence electrons. The molecule has 0 aliphatic carbocycles. The smallest absolute Gasteiger partial charge is 0.145 e. The largest absolute Gasteiger partial charge is 0.381 e. The second-order valence-electron chi connectivity index (χ2n) is 8.82. The normalized spacial score (nSPS) is 20.7. The van der Waals surface area contributed by atoms with Crippen LogP contribution < -0.4 is 4.90 Å². The topological polar surface area (TPSA) is 54.4 Å². The van der Waals surface area contributed by atoms with Crippen LogP contribution in [-0.2, 0) is 11.3 Å². The summed E-state index contributed by atoms with van der Waals surface area (Å²) in [5, 5.41) is 1.74. The minimum atomic E-state index is 0.330. The first-order chi connectivity index (χ1) is 15.7. The molecule has 7 heteroatoms. The average molecular weight is 452 g/mol. The molecule has 0 saturated carbocycles. The highest BCUT2D eigenvalue weighted by molar-refractivity contribution is 6.31. The minimum Gasteiger partial charge on any atom is -0.381 e. The maximum absolute atomic E-state index is 6.35. The summed E-state index contributed by atoms with van der Waals surface area (Å²) in [7, 11) is 1.80. The van der Waals surface area contributed by atoms with Crippen molar-refractivity contribution in [3.8, 4) is 0 Å². The molecule has 0 spiro atoms. The van der Waals surface area contributed by atoms with Crippen molar-refractivity contribution in [2.45, 2.75) is 50.8 Å². The summed E-state index contributed by atoms with van der Waals surface area (Å²) in [4.78, 5) is 19.3. The molecule has 1 aromatic carbocycles. The van der Waals surface area contributed by atoms with Gasteiger partial charge in [0.25, 0.3) is 0 Å². The van der Waals surface area contributed by atoms with Crippen molar-refractivity contribution in [1.29, 1.82) is 0 Å². The third kappa shape index (κ3) is 4.58. The van der Waals surface area contributed by atoms with Crippen LogP contribution in [0, 0.1) is 0 Å². The Hall–Kier alpha value is -2.28. The fourth-order valence-corrected chi connectivity index (χ4v) is 5.23. The van der Waals surface area contributed by atoms with E-state index in [4.69, 9.17) is 26.3 Å². The molecule has 32 heavy (non-hydrogen) atoms. The SMILES string of the molecule is COC1CCN(c2nc(CN3CCCC[C@@H]3c3cccnc3)nc3ccc(Cl)cc23)CC1. The van der Waals surface area contributed by atoms with E-state index < -0.39 is 0 Å². The number of halogens is 1. The summed E-state index contributed by atoms with van der Waals surface area (Å²) < 4.78 is 5.57. The van der Waals surface area contributed by atoms with Crippen LogP contribution in [0.25, 0.3) is 10.9 Å². The van der Waals surface area contributed by atoms with Crippen molar-refractivity contribution in [2.75, 3.05) is 31.6 Å². The van der Waals surface area contributed by atoms with E-state index in [0.717, 1.165) is 73.0 Å². The number of anilines is 1. The van der Waals surface area contributed by atoms with E-state index in [1.54, 1.807) is 7.11 Å². The van der Waals surface area contributed by atoms with Crippen LogP contribution in [0.4, 0.5) is 5.82 Å². The number of rotatable bonds is 5. The van der Waals surface area contributed by atoms with Gasteiger partial charge in [-0.05, 0) is 62.1 Å². The number of hydrogen-bond donors (Lipinski definition) is 0. The van der Waals surface area contributed by atoms with Crippen molar-refractivity contribution in [3.05, 3.63) is 59.1 Å². The number of methoxy groups -OCH3 is 1. The second-order valence-corrected chi connectivity index (χ2v) is 9.25. The first-order valence-corrected chi connectivity index (χ1v) is 12.0. The average Bonchev–Trinajstić information content (AvgIpc) is 2.85. The van der Waals surface area contributed by atoms with Crippen LogP contribution in [0.2, 0.25) is 5.02 Å². The van der Waals surface area contributed by atoms with Crippen molar-refractivity contribution in [1.82, 2.24) is 19.9 Å². The Labute approximate surface area is 194 Å². The van der Waals surface area contributed by atoms with E-state index in [1.807, 2.05) is 36.7 Å². The highest BCUT2D eigenvalue weighted by Crippen LogP contribution is 2.33. The van der Waals surface area contributed by atoms with Gasteiger partial charge >= 0.3 is 0 Å². The zero-order valence-electron chi connectivity index (χ0n) is 18.6. The Bertz CT molecular complexity index is 1050. The zero-order valence-corrected chi connectivity index (χ0v) is 19.3. The van der Waals surface area contributed by atoms with Crippen LogP contribution in [0.5, 0.6) is 0 Å². The first-order valence-electron chi connectivity index (χ1n) is 11.6. The van der Waals surface area contributed by atoms with E-state index in [-0.39, 0.29) is 0 Å². The molecule has 2 aliphatic rings. The Balaban J connectivity index is 1.47. The van der Waals surface area contributed by atoms with Crippen LogP contribution in [0.1, 0.15) is 49.5 Å². The van der Waals surface area contributed by atoms with Crippen molar-refractivity contribution in [2.24, 2.45) is 0 Å². The van der Waals surface area contributed by atoms with Crippen molar-refractivity contribution < 1.29 is 4.74 Å². The van der Waals surface area contributed by atoms with Gasteiger partial charge in [0.05, 0.1) is 18.2 Å². The molecule has 3 aromatic rings. The molecular formula is C25H30ClN5O. The number of benzene rings is 1. The van der Waals surface area contributed by atoms with Gasteiger partial charge in [-0.25, -0.2) is 9.97 Å². The highest BCUT2D eigenvalue weighted by Gasteiger charge is 2.27. The number of ether oxygens (including phenoxy) is 1. The molecule has 0 radical (unpaired) electrons. The third-order valence-corrected chi connectivity index (χ3v) is 7.02. The number of pyridine rings is 1. The van der Waals surface area contributed by atoms with E-state index in [9.17, 15) is 0 Å². The maximum atomic E-state index is 6.35. The van der Waals surface area contributed by atoms with E-state index in [0.29, 0.717) is 12.1 Å². The monoisotopic (exact) mass is 451 g/mol. The molecule has 0 amide bonds. The lowest BCUT2D eigenvalue weighted by molar-refractivity contribution is 0.0818. The predicted molar refractivity (Wildman–Crippen MR) is 128 cm³/mol. The lowest BCUT2D eigenvalue weighted by Gasteiger charge is -2.36. The number of aromatic nitrogens is 3. The number of hydrogen-bond acceptors (Lipinski definition) is 6. The number of fused-ring (bicyclic) bond motifs is 1. The van der Waals surface area contributed by atoms with Gasteiger partial charge in [-0.2, -0.15) is 0 Å². The van der Waals surface area contributed by atoms with E-state index in [1.165, 1.54) is 18.4 Å². The third-order valence-electron chi connectivity index (χ3n) is 6.79. The lowest BCUT2D eigenvalue weighted by Crippen LogP contribution is -2.38. The van der Waals surface area contributed by atoms with E-state index in [2.05, 4.69) is 20.9 Å². The molecule has 2 aliphatic heterocycles. The van der Waals surface area contributed by atoms with E-state index >= 15 is 0 Å². The first kappa shape index (κ1) is 21.6. The molecule has 2 saturated heterocycles.